The van der Waals surface area contributed by atoms with Gasteiger partial charge in [-0.05, 0) is 63.7 Å². The highest BCUT2D eigenvalue weighted by atomic mass is 35.5. The highest BCUT2D eigenvalue weighted by molar-refractivity contribution is 6.30. The van der Waals surface area contributed by atoms with Crippen molar-refractivity contribution in [3.63, 3.8) is 0 Å². The molecule has 0 fully saturated rings. The molecule has 0 radical (unpaired) electrons. The third-order valence-electron chi connectivity index (χ3n) is 5.17. The minimum Gasteiger partial charge on any atom is -0.504 e. The molecule has 5 nitrogen and oxygen atoms in total. The van der Waals surface area contributed by atoms with Crippen LogP contribution in [0.2, 0.25) is 5.02 Å². The lowest BCUT2D eigenvalue weighted by Crippen LogP contribution is -2.10. The number of nitrogens with zero attached hydrogens (tertiary/aromatic N) is 1. The summed E-state index contributed by atoms with van der Waals surface area (Å²) in [4.78, 5) is 4.48. The summed E-state index contributed by atoms with van der Waals surface area (Å²) in [6.07, 6.45) is 3.89. The summed E-state index contributed by atoms with van der Waals surface area (Å²) < 4.78 is 10.5. The van der Waals surface area contributed by atoms with Gasteiger partial charge in [-0.15, -0.1) is 0 Å². The van der Waals surface area contributed by atoms with E-state index >= 15 is 0 Å². The SMILES string of the molecule is COc1cc(CN/C=C2\CN=Cc3ccc(-c4ccc(Cl)cc4)cc32)cc(O)c1OC. The van der Waals surface area contributed by atoms with Crippen LogP contribution in [0.1, 0.15) is 16.7 Å². The van der Waals surface area contributed by atoms with E-state index in [2.05, 4.69) is 28.5 Å². The van der Waals surface area contributed by atoms with Gasteiger partial charge in [0.15, 0.2) is 11.5 Å². The Morgan fingerprint density at radius 1 is 1.03 bits per heavy atom. The van der Waals surface area contributed by atoms with Gasteiger partial charge in [-0.25, -0.2) is 0 Å². The van der Waals surface area contributed by atoms with Gasteiger partial charge in [0.25, 0.3) is 0 Å². The lowest BCUT2D eigenvalue weighted by Gasteiger charge is -2.16. The van der Waals surface area contributed by atoms with Gasteiger partial charge in [-0.1, -0.05) is 35.9 Å². The minimum atomic E-state index is 0.0477. The molecular formula is C25H23ClN2O3. The summed E-state index contributed by atoms with van der Waals surface area (Å²) in [5.41, 5.74) is 6.44. The smallest absolute Gasteiger partial charge is 0.203 e. The number of hydrogen-bond donors (Lipinski definition) is 2. The monoisotopic (exact) mass is 434 g/mol. The van der Waals surface area contributed by atoms with E-state index in [1.54, 1.807) is 13.2 Å². The van der Waals surface area contributed by atoms with Crippen molar-refractivity contribution in [2.75, 3.05) is 20.8 Å². The van der Waals surface area contributed by atoms with Crippen LogP contribution < -0.4 is 14.8 Å². The van der Waals surface area contributed by atoms with E-state index in [1.165, 1.54) is 7.11 Å². The number of hydrogen-bond acceptors (Lipinski definition) is 5. The predicted octanol–water partition coefficient (Wildman–Crippen LogP) is 5.29. The van der Waals surface area contributed by atoms with Crippen LogP contribution >= 0.6 is 11.6 Å². The topological polar surface area (TPSA) is 63.1 Å². The average molecular weight is 435 g/mol. The van der Waals surface area contributed by atoms with Crippen molar-refractivity contribution in [3.8, 4) is 28.4 Å². The molecule has 158 valence electrons. The molecule has 1 aliphatic heterocycles. The molecule has 4 rings (SSSR count). The zero-order valence-electron chi connectivity index (χ0n) is 17.4. The lowest BCUT2D eigenvalue weighted by atomic mass is 9.94. The lowest BCUT2D eigenvalue weighted by molar-refractivity contribution is 0.332. The van der Waals surface area contributed by atoms with Gasteiger partial charge < -0.3 is 19.9 Å². The summed E-state index contributed by atoms with van der Waals surface area (Å²) in [5.74, 6) is 0.869. The van der Waals surface area contributed by atoms with Crippen molar-refractivity contribution in [1.82, 2.24) is 5.32 Å². The zero-order valence-corrected chi connectivity index (χ0v) is 18.1. The fourth-order valence-corrected chi connectivity index (χ4v) is 3.74. The molecule has 0 bridgehead atoms. The second-order valence-electron chi connectivity index (χ2n) is 7.18. The van der Waals surface area contributed by atoms with E-state index in [0.29, 0.717) is 24.6 Å². The van der Waals surface area contributed by atoms with Gasteiger partial charge in [0.05, 0.1) is 20.8 Å². The third kappa shape index (κ3) is 4.52. The van der Waals surface area contributed by atoms with Crippen molar-refractivity contribution in [2.24, 2.45) is 4.99 Å². The maximum absolute atomic E-state index is 10.2. The normalized spacial score (nSPS) is 13.7. The minimum absolute atomic E-state index is 0.0477. The number of phenolic OH excluding ortho intramolecular Hbond substituents is 1. The Bertz CT molecular complexity index is 1150. The van der Waals surface area contributed by atoms with E-state index in [9.17, 15) is 5.11 Å². The third-order valence-corrected chi connectivity index (χ3v) is 5.42. The van der Waals surface area contributed by atoms with Gasteiger partial charge in [0.2, 0.25) is 5.75 Å². The molecule has 31 heavy (non-hydrogen) atoms. The van der Waals surface area contributed by atoms with E-state index in [1.807, 2.05) is 42.7 Å². The van der Waals surface area contributed by atoms with Crippen molar-refractivity contribution >= 4 is 23.4 Å². The number of benzene rings is 3. The number of aromatic hydroxyl groups is 1. The van der Waals surface area contributed by atoms with Gasteiger partial charge in [0, 0.05) is 24.0 Å². The van der Waals surface area contributed by atoms with Crippen LogP contribution in [0, 0.1) is 0 Å². The second-order valence-corrected chi connectivity index (χ2v) is 7.62. The number of aliphatic imine (C=N–C) groups is 1. The molecule has 0 aromatic heterocycles. The Hall–Kier alpha value is -3.44. The molecule has 2 N–H and O–H groups in total. The molecule has 0 amide bonds. The Morgan fingerprint density at radius 3 is 2.55 bits per heavy atom. The van der Waals surface area contributed by atoms with Crippen LogP contribution in [0.25, 0.3) is 16.7 Å². The largest absolute Gasteiger partial charge is 0.504 e. The number of ether oxygens (including phenoxy) is 2. The highest BCUT2D eigenvalue weighted by Crippen LogP contribution is 2.37. The first-order valence-electron chi connectivity index (χ1n) is 9.85. The van der Waals surface area contributed by atoms with Crippen LogP contribution in [-0.4, -0.2) is 32.1 Å². The van der Waals surface area contributed by atoms with E-state index in [-0.39, 0.29) is 5.75 Å². The maximum Gasteiger partial charge on any atom is 0.203 e. The van der Waals surface area contributed by atoms with Gasteiger partial charge >= 0.3 is 0 Å². The van der Waals surface area contributed by atoms with Gasteiger partial charge in [-0.3, -0.25) is 4.99 Å². The molecule has 0 unspecified atom stereocenters. The van der Waals surface area contributed by atoms with Gasteiger partial charge in [0.1, 0.15) is 0 Å². The second kappa shape index (κ2) is 9.14. The summed E-state index contributed by atoms with van der Waals surface area (Å²) in [7, 11) is 3.05. The van der Waals surface area contributed by atoms with Crippen LogP contribution in [0.5, 0.6) is 17.2 Å². The van der Waals surface area contributed by atoms with Crippen LogP contribution in [-0.2, 0) is 6.54 Å². The molecule has 0 saturated carbocycles. The molecule has 3 aromatic carbocycles. The molecule has 6 heteroatoms. The summed E-state index contributed by atoms with van der Waals surface area (Å²) in [6.45, 7) is 1.12. The number of rotatable bonds is 6. The number of methoxy groups -OCH3 is 2. The fraction of sp³-hybridized carbons (Fsp3) is 0.160. The van der Waals surface area contributed by atoms with Crippen molar-refractivity contribution in [3.05, 3.63) is 82.5 Å². The van der Waals surface area contributed by atoms with Crippen LogP contribution in [0.3, 0.4) is 0 Å². The molecule has 0 atom stereocenters. The van der Waals surface area contributed by atoms with Crippen LogP contribution in [0.4, 0.5) is 0 Å². The molecule has 3 aromatic rings. The summed E-state index contributed by atoms with van der Waals surface area (Å²) >= 11 is 6.03. The predicted molar refractivity (Wildman–Crippen MR) is 125 cm³/mol. The first-order valence-corrected chi connectivity index (χ1v) is 10.2. The maximum atomic E-state index is 10.2. The van der Waals surface area contributed by atoms with Crippen LogP contribution in [0.15, 0.2) is 65.8 Å². The van der Waals surface area contributed by atoms with Crippen molar-refractivity contribution < 1.29 is 14.6 Å². The Labute approximate surface area is 186 Å². The number of phenols is 1. The first kappa shape index (κ1) is 20.8. The standard InChI is InChI=1S/C25H23ClN2O3/c1-30-24-10-16(9-23(29)25(24)31-2)12-27-14-20-15-28-13-19-4-3-18(11-22(19)20)17-5-7-21(26)8-6-17/h3-11,13-14,27,29H,12,15H2,1-2H3/b20-14+. The highest BCUT2D eigenvalue weighted by Gasteiger charge is 2.14. The molecule has 1 heterocycles. The number of fused-ring (bicyclic) bond motifs is 1. The number of nitrogens with one attached hydrogen (secondary N) is 1. The van der Waals surface area contributed by atoms with E-state index in [0.717, 1.165) is 38.4 Å². The van der Waals surface area contributed by atoms with Crippen molar-refractivity contribution in [2.45, 2.75) is 6.54 Å². The quantitative estimate of drug-likeness (QED) is 0.553. The van der Waals surface area contributed by atoms with E-state index in [4.69, 9.17) is 21.1 Å². The van der Waals surface area contributed by atoms with Crippen molar-refractivity contribution in [1.29, 1.82) is 0 Å². The first-order chi connectivity index (χ1) is 15.1. The molecule has 0 saturated heterocycles. The molecule has 1 aliphatic rings. The Balaban J connectivity index is 1.56. The molecular weight excluding hydrogens is 412 g/mol. The van der Waals surface area contributed by atoms with Gasteiger partial charge in [-0.2, -0.15) is 0 Å². The fourth-order valence-electron chi connectivity index (χ4n) is 3.61. The summed E-state index contributed by atoms with van der Waals surface area (Å²) in [5, 5.41) is 14.2. The Morgan fingerprint density at radius 2 is 1.81 bits per heavy atom. The average Bonchev–Trinajstić information content (AvgIpc) is 2.79. The zero-order chi connectivity index (χ0) is 21.8. The Kier molecular flexibility index (Phi) is 6.14. The van der Waals surface area contributed by atoms with E-state index < -0.39 is 0 Å². The molecule has 0 spiro atoms. The summed E-state index contributed by atoms with van der Waals surface area (Å²) in [6, 6.07) is 17.7. The number of halogens is 1. The molecule has 0 aliphatic carbocycles.